The Morgan fingerprint density at radius 2 is 2.00 bits per heavy atom. The minimum Gasteiger partial charge on any atom is -0.491 e. The van der Waals surface area contributed by atoms with E-state index in [0.717, 1.165) is 12.2 Å². The molecule has 1 N–H and O–H groups in total. The summed E-state index contributed by atoms with van der Waals surface area (Å²) in [6.45, 7) is 8.47. The summed E-state index contributed by atoms with van der Waals surface area (Å²) < 4.78 is 5.59. The molecule has 0 aliphatic carbocycles. The van der Waals surface area contributed by atoms with Crippen LogP contribution in [0.2, 0.25) is 0 Å². The lowest BCUT2D eigenvalue weighted by molar-refractivity contribution is 0.0218. The third kappa shape index (κ3) is 3.86. The van der Waals surface area contributed by atoms with Crippen molar-refractivity contribution < 1.29 is 9.84 Å². The number of aliphatic hydroxyl groups is 1. The Hall–Kier alpha value is -1.02. The number of aryl methyl sites for hydroxylation is 1. The number of rotatable bonds is 4. The Bertz CT molecular complexity index is 326. The monoisotopic (exact) mass is 222 g/mol. The molecule has 0 aliphatic rings. The predicted molar refractivity (Wildman–Crippen MR) is 66.8 cm³/mol. The van der Waals surface area contributed by atoms with Gasteiger partial charge in [-0.1, -0.05) is 39.8 Å². The molecular weight excluding hydrogens is 200 g/mol. The predicted octanol–water partition coefficient (Wildman–Crippen LogP) is 3.03. The smallest absolute Gasteiger partial charge is 0.119 e. The molecule has 2 nitrogen and oxygen atoms in total. The molecular formula is C14H22O2. The maximum Gasteiger partial charge on any atom is 0.119 e. The topological polar surface area (TPSA) is 29.5 Å². The van der Waals surface area contributed by atoms with E-state index >= 15 is 0 Å². The lowest BCUT2D eigenvalue weighted by Gasteiger charge is -2.25. The number of hydrogen-bond acceptors (Lipinski definition) is 2. The van der Waals surface area contributed by atoms with Gasteiger partial charge in [0.15, 0.2) is 0 Å². The van der Waals surface area contributed by atoms with Crippen LogP contribution in [-0.2, 0) is 6.42 Å². The summed E-state index contributed by atoms with van der Waals surface area (Å²) in [4.78, 5) is 0. The van der Waals surface area contributed by atoms with Crippen molar-refractivity contribution in [2.75, 3.05) is 6.61 Å². The Kier molecular flexibility index (Phi) is 4.36. The lowest BCUT2D eigenvalue weighted by atomic mass is 9.90. The number of ether oxygens (including phenoxy) is 1. The van der Waals surface area contributed by atoms with Crippen molar-refractivity contribution in [1.82, 2.24) is 0 Å². The van der Waals surface area contributed by atoms with E-state index in [4.69, 9.17) is 4.74 Å². The summed E-state index contributed by atoms with van der Waals surface area (Å²) in [7, 11) is 0. The van der Waals surface area contributed by atoms with Crippen LogP contribution in [0.5, 0.6) is 5.75 Å². The van der Waals surface area contributed by atoms with Crippen LogP contribution in [0.15, 0.2) is 24.3 Å². The molecule has 90 valence electrons. The Labute approximate surface area is 98.3 Å². The lowest BCUT2D eigenvalue weighted by Crippen LogP contribution is -2.31. The highest BCUT2D eigenvalue weighted by Crippen LogP contribution is 2.21. The SMILES string of the molecule is CCc1cccc(OCC(O)C(C)(C)C)c1. The minimum absolute atomic E-state index is 0.137. The van der Waals surface area contributed by atoms with Gasteiger partial charge in [0.05, 0.1) is 6.10 Å². The molecule has 1 unspecified atom stereocenters. The normalized spacial score (nSPS) is 13.6. The highest BCUT2D eigenvalue weighted by atomic mass is 16.5. The molecule has 0 spiro atoms. The van der Waals surface area contributed by atoms with Crippen LogP contribution in [0.1, 0.15) is 33.3 Å². The van der Waals surface area contributed by atoms with E-state index in [0.29, 0.717) is 6.61 Å². The van der Waals surface area contributed by atoms with Gasteiger partial charge in [-0.15, -0.1) is 0 Å². The average Bonchev–Trinajstić information content (AvgIpc) is 2.25. The minimum atomic E-state index is -0.446. The van der Waals surface area contributed by atoms with E-state index in [1.54, 1.807) is 0 Å². The van der Waals surface area contributed by atoms with Gasteiger partial charge in [-0.2, -0.15) is 0 Å². The van der Waals surface area contributed by atoms with Gasteiger partial charge in [-0.3, -0.25) is 0 Å². The fourth-order valence-corrected chi connectivity index (χ4v) is 1.28. The third-order valence-electron chi connectivity index (χ3n) is 2.71. The Morgan fingerprint density at radius 1 is 1.31 bits per heavy atom. The molecule has 0 amide bonds. The van der Waals surface area contributed by atoms with Crippen molar-refractivity contribution in [3.8, 4) is 5.75 Å². The van der Waals surface area contributed by atoms with Gasteiger partial charge in [0.1, 0.15) is 12.4 Å². The van der Waals surface area contributed by atoms with Crippen LogP contribution in [0, 0.1) is 5.41 Å². The van der Waals surface area contributed by atoms with Crippen LogP contribution in [-0.4, -0.2) is 17.8 Å². The second kappa shape index (κ2) is 5.35. The van der Waals surface area contributed by atoms with E-state index in [1.165, 1.54) is 5.56 Å². The second-order valence-corrected chi connectivity index (χ2v) is 5.19. The highest BCUT2D eigenvalue weighted by Gasteiger charge is 2.22. The summed E-state index contributed by atoms with van der Waals surface area (Å²) in [6, 6.07) is 8.01. The van der Waals surface area contributed by atoms with Crippen molar-refractivity contribution in [2.24, 2.45) is 5.41 Å². The van der Waals surface area contributed by atoms with Crippen LogP contribution >= 0.6 is 0 Å². The quantitative estimate of drug-likeness (QED) is 0.848. The van der Waals surface area contributed by atoms with E-state index in [1.807, 2.05) is 39.0 Å². The number of aliphatic hydroxyl groups excluding tert-OH is 1. The number of hydrogen-bond donors (Lipinski definition) is 1. The van der Waals surface area contributed by atoms with Gasteiger partial charge >= 0.3 is 0 Å². The van der Waals surface area contributed by atoms with Gasteiger partial charge in [-0.25, -0.2) is 0 Å². The van der Waals surface area contributed by atoms with Gasteiger partial charge in [-0.05, 0) is 29.5 Å². The molecule has 1 aromatic carbocycles. The van der Waals surface area contributed by atoms with Crippen molar-refractivity contribution in [1.29, 1.82) is 0 Å². The molecule has 2 heteroatoms. The fourth-order valence-electron chi connectivity index (χ4n) is 1.28. The van der Waals surface area contributed by atoms with Crippen LogP contribution in [0.4, 0.5) is 0 Å². The van der Waals surface area contributed by atoms with Crippen molar-refractivity contribution in [3.63, 3.8) is 0 Å². The van der Waals surface area contributed by atoms with Gasteiger partial charge in [0.2, 0.25) is 0 Å². The Morgan fingerprint density at radius 3 is 2.56 bits per heavy atom. The van der Waals surface area contributed by atoms with Crippen LogP contribution in [0.25, 0.3) is 0 Å². The molecule has 1 aromatic rings. The molecule has 0 fully saturated rings. The fraction of sp³-hybridized carbons (Fsp3) is 0.571. The van der Waals surface area contributed by atoms with Crippen molar-refractivity contribution in [2.45, 2.75) is 40.2 Å². The average molecular weight is 222 g/mol. The van der Waals surface area contributed by atoms with Gasteiger partial charge < -0.3 is 9.84 Å². The first-order chi connectivity index (χ1) is 7.43. The summed E-state index contributed by atoms with van der Waals surface area (Å²) in [5, 5.41) is 9.85. The first kappa shape index (κ1) is 13.0. The zero-order chi connectivity index (χ0) is 12.2. The molecule has 0 saturated carbocycles. The third-order valence-corrected chi connectivity index (χ3v) is 2.71. The van der Waals surface area contributed by atoms with E-state index in [-0.39, 0.29) is 5.41 Å². The summed E-state index contributed by atoms with van der Waals surface area (Å²) in [5.41, 5.74) is 1.12. The highest BCUT2D eigenvalue weighted by molar-refractivity contribution is 5.28. The van der Waals surface area contributed by atoms with E-state index in [2.05, 4.69) is 13.0 Å². The van der Waals surface area contributed by atoms with Crippen molar-refractivity contribution in [3.05, 3.63) is 29.8 Å². The molecule has 1 atom stereocenters. The summed E-state index contributed by atoms with van der Waals surface area (Å²) in [6.07, 6.45) is 0.553. The van der Waals surface area contributed by atoms with Crippen LogP contribution in [0.3, 0.4) is 0 Å². The number of benzene rings is 1. The molecule has 0 heterocycles. The molecule has 0 bridgehead atoms. The largest absolute Gasteiger partial charge is 0.491 e. The van der Waals surface area contributed by atoms with Crippen LogP contribution < -0.4 is 4.74 Å². The summed E-state index contributed by atoms with van der Waals surface area (Å²) in [5.74, 6) is 0.836. The maximum absolute atomic E-state index is 9.85. The maximum atomic E-state index is 9.85. The van der Waals surface area contributed by atoms with E-state index in [9.17, 15) is 5.11 Å². The first-order valence-corrected chi connectivity index (χ1v) is 5.83. The Balaban J connectivity index is 2.54. The first-order valence-electron chi connectivity index (χ1n) is 5.83. The molecule has 16 heavy (non-hydrogen) atoms. The van der Waals surface area contributed by atoms with Gasteiger partial charge in [0.25, 0.3) is 0 Å². The van der Waals surface area contributed by atoms with Crippen molar-refractivity contribution >= 4 is 0 Å². The molecule has 0 radical (unpaired) electrons. The molecule has 0 aliphatic heterocycles. The molecule has 0 aromatic heterocycles. The van der Waals surface area contributed by atoms with E-state index < -0.39 is 6.10 Å². The second-order valence-electron chi connectivity index (χ2n) is 5.19. The zero-order valence-electron chi connectivity index (χ0n) is 10.7. The summed E-state index contributed by atoms with van der Waals surface area (Å²) >= 11 is 0. The molecule has 1 rings (SSSR count). The standard InChI is InChI=1S/C14H22O2/c1-5-11-7-6-8-12(9-11)16-10-13(15)14(2,3)4/h6-9,13,15H,5,10H2,1-4H3. The van der Waals surface area contributed by atoms with Gasteiger partial charge in [0, 0.05) is 0 Å². The molecule has 0 saturated heterocycles. The zero-order valence-corrected chi connectivity index (χ0v) is 10.7.